The van der Waals surface area contributed by atoms with Crippen molar-refractivity contribution in [2.24, 2.45) is 5.92 Å². The Morgan fingerprint density at radius 2 is 0.576 bits per heavy atom. The molecule has 0 aromatic rings. The van der Waals surface area contributed by atoms with E-state index in [0.29, 0.717) is 0 Å². The van der Waals surface area contributed by atoms with Gasteiger partial charge in [0.1, 0.15) is 0 Å². The van der Waals surface area contributed by atoms with Crippen LogP contribution < -0.4 is 0 Å². The van der Waals surface area contributed by atoms with Crippen LogP contribution in [0, 0.1) is 12.8 Å². The molecular formula is C33H67. The standard InChI is InChI=1S/C33H67/c1-4-7-9-10-11-12-13-14-15-16-17-18-19-20-21-22-23-24-25-26-27-29-32-33(30-6-3)31-28-8-5-2/h33H,3-32H2,1-2H3. The Bertz CT molecular complexity index is 320. The fraction of sp³-hybridized carbons (Fsp3) is 0.970. The summed E-state index contributed by atoms with van der Waals surface area (Å²) in [5, 5.41) is 0. The van der Waals surface area contributed by atoms with Crippen LogP contribution in [0.2, 0.25) is 0 Å². The van der Waals surface area contributed by atoms with E-state index in [1.807, 2.05) is 0 Å². The number of rotatable bonds is 29. The second-order valence-corrected chi connectivity index (χ2v) is 11.2. The minimum atomic E-state index is 0.971. The van der Waals surface area contributed by atoms with Gasteiger partial charge in [-0.2, -0.15) is 0 Å². The highest BCUT2D eigenvalue weighted by Crippen LogP contribution is 2.23. The molecule has 1 atom stereocenters. The van der Waals surface area contributed by atoms with Crippen LogP contribution in [-0.4, -0.2) is 0 Å². The van der Waals surface area contributed by atoms with Gasteiger partial charge >= 0.3 is 0 Å². The van der Waals surface area contributed by atoms with Crippen LogP contribution >= 0.6 is 0 Å². The molecule has 0 heteroatoms. The van der Waals surface area contributed by atoms with Crippen molar-refractivity contribution in [3.63, 3.8) is 0 Å². The predicted molar refractivity (Wildman–Crippen MR) is 154 cm³/mol. The van der Waals surface area contributed by atoms with Gasteiger partial charge in [0.15, 0.2) is 0 Å². The Kier molecular flexibility index (Phi) is 30.0. The summed E-state index contributed by atoms with van der Waals surface area (Å²) in [7, 11) is 0. The van der Waals surface area contributed by atoms with Crippen LogP contribution in [0.5, 0.6) is 0 Å². The van der Waals surface area contributed by atoms with Gasteiger partial charge in [-0.1, -0.05) is 207 Å². The van der Waals surface area contributed by atoms with E-state index in [4.69, 9.17) is 0 Å². The Hall–Kier alpha value is 0. The number of unbranched alkanes of at least 4 members (excludes halogenated alkanes) is 23. The van der Waals surface area contributed by atoms with E-state index in [9.17, 15) is 0 Å². The molecular weight excluding hydrogens is 396 g/mol. The van der Waals surface area contributed by atoms with Gasteiger partial charge < -0.3 is 0 Å². The van der Waals surface area contributed by atoms with Crippen molar-refractivity contribution < 1.29 is 0 Å². The first-order valence-electron chi connectivity index (χ1n) is 16.1. The third kappa shape index (κ3) is 28.1. The van der Waals surface area contributed by atoms with Crippen LogP contribution in [0.15, 0.2) is 0 Å². The summed E-state index contributed by atoms with van der Waals surface area (Å²) in [5.74, 6) is 0.971. The quantitative estimate of drug-likeness (QED) is 0.0967. The molecule has 0 aliphatic carbocycles. The molecule has 0 nitrogen and oxygen atoms in total. The van der Waals surface area contributed by atoms with Crippen molar-refractivity contribution in [2.75, 3.05) is 0 Å². The summed E-state index contributed by atoms with van der Waals surface area (Å²) in [5.41, 5.74) is 0. The second-order valence-electron chi connectivity index (χ2n) is 11.2. The SMILES string of the molecule is [CH2]CCC(CCCCC)CCCCCCCCCCCCCCCCCCCCCCCC. The summed E-state index contributed by atoms with van der Waals surface area (Å²) >= 11 is 0. The second kappa shape index (κ2) is 30.0. The van der Waals surface area contributed by atoms with E-state index >= 15 is 0 Å². The van der Waals surface area contributed by atoms with Crippen molar-refractivity contribution in [1.29, 1.82) is 0 Å². The summed E-state index contributed by atoms with van der Waals surface area (Å²) in [6.07, 6.45) is 42.1. The monoisotopic (exact) mass is 464 g/mol. The van der Waals surface area contributed by atoms with Crippen molar-refractivity contribution >= 4 is 0 Å². The maximum absolute atomic E-state index is 4.09. The molecule has 0 aliphatic heterocycles. The van der Waals surface area contributed by atoms with Gasteiger partial charge in [-0.3, -0.25) is 0 Å². The molecule has 0 amide bonds. The largest absolute Gasteiger partial charge is 0.0654 e. The van der Waals surface area contributed by atoms with Gasteiger partial charge in [0, 0.05) is 0 Å². The van der Waals surface area contributed by atoms with Gasteiger partial charge in [-0.25, -0.2) is 0 Å². The molecule has 0 heterocycles. The van der Waals surface area contributed by atoms with E-state index in [1.165, 1.54) is 180 Å². The molecule has 0 aromatic carbocycles. The zero-order chi connectivity index (χ0) is 24.1. The Balaban J connectivity index is 3.17. The fourth-order valence-corrected chi connectivity index (χ4v) is 5.45. The first-order chi connectivity index (χ1) is 16.3. The Morgan fingerprint density at radius 3 is 0.879 bits per heavy atom. The summed E-state index contributed by atoms with van der Waals surface area (Å²) < 4.78 is 0. The van der Waals surface area contributed by atoms with Crippen LogP contribution in [0.4, 0.5) is 0 Å². The topological polar surface area (TPSA) is 0 Å². The van der Waals surface area contributed by atoms with Gasteiger partial charge in [0.2, 0.25) is 0 Å². The number of hydrogen-bond acceptors (Lipinski definition) is 0. The first kappa shape index (κ1) is 33.0. The maximum atomic E-state index is 4.09. The van der Waals surface area contributed by atoms with Crippen LogP contribution in [0.1, 0.15) is 200 Å². The Morgan fingerprint density at radius 1 is 0.333 bits per heavy atom. The smallest absolute Gasteiger partial charge is 0.0414 e. The van der Waals surface area contributed by atoms with E-state index in [2.05, 4.69) is 20.8 Å². The third-order valence-electron chi connectivity index (χ3n) is 7.79. The molecule has 199 valence electrons. The lowest BCUT2D eigenvalue weighted by Gasteiger charge is -2.15. The van der Waals surface area contributed by atoms with Crippen molar-refractivity contribution in [2.45, 2.75) is 200 Å². The molecule has 0 saturated heterocycles. The molecule has 0 aromatic heterocycles. The lowest BCUT2D eigenvalue weighted by Crippen LogP contribution is -2.00. The highest BCUT2D eigenvalue weighted by Gasteiger charge is 2.07. The summed E-state index contributed by atoms with van der Waals surface area (Å²) in [6.45, 7) is 8.71. The highest BCUT2D eigenvalue weighted by molar-refractivity contribution is 4.62. The maximum Gasteiger partial charge on any atom is -0.0414 e. The lowest BCUT2D eigenvalue weighted by atomic mass is 9.91. The van der Waals surface area contributed by atoms with Crippen molar-refractivity contribution in [1.82, 2.24) is 0 Å². The summed E-state index contributed by atoms with van der Waals surface area (Å²) in [6, 6.07) is 0. The van der Waals surface area contributed by atoms with E-state index in [1.54, 1.807) is 0 Å². The molecule has 0 spiro atoms. The van der Waals surface area contributed by atoms with Crippen LogP contribution in [0.25, 0.3) is 0 Å². The average Bonchev–Trinajstić information content (AvgIpc) is 2.82. The molecule has 0 fully saturated rings. The van der Waals surface area contributed by atoms with Crippen LogP contribution in [0.3, 0.4) is 0 Å². The zero-order valence-electron chi connectivity index (χ0n) is 23.8. The lowest BCUT2D eigenvalue weighted by molar-refractivity contribution is 0.385. The normalized spacial score (nSPS) is 12.5. The van der Waals surface area contributed by atoms with Gasteiger partial charge in [0.25, 0.3) is 0 Å². The Labute approximate surface area is 212 Å². The van der Waals surface area contributed by atoms with Crippen molar-refractivity contribution in [3.8, 4) is 0 Å². The third-order valence-corrected chi connectivity index (χ3v) is 7.79. The van der Waals surface area contributed by atoms with Crippen LogP contribution in [-0.2, 0) is 0 Å². The number of hydrogen-bond donors (Lipinski definition) is 0. The minimum Gasteiger partial charge on any atom is -0.0654 e. The van der Waals surface area contributed by atoms with E-state index < -0.39 is 0 Å². The molecule has 0 aliphatic rings. The zero-order valence-corrected chi connectivity index (χ0v) is 23.8. The van der Waals surface area contributed by atoms with E-state index in [-0.39, 0.29) is 0 Å². The van der Waals surface area contributed by atoms with Crippen molar-refractivity contribution in [3.05, 3.63) is 6.92 Å². The molecule has 0 bridgehead atoms. The molecule has 0 saturated carbocycles. The van der Waals surface area contributed by atoms with E-state index in [0.717, 1.165) is 12.3 Å². The summed E-state index contributed by atoms with van der Waals surface area (Å²) in [4.78, 5) is 0. The minimum absolute atomic E-state index is 0.971. The molecule has 1 radical (unpaired) electrons. The van der Waals surface area contributed by atoms with Gasteiger partial charge in [-0.15, -0.1) is 0 Å². The average molecular weight is 464 g/mol. The first-order valence-corrected chi connectivity index (χ1v) is 16.1. The molecule has 0 N–H and O–H groups in total. The van der Waals surface area contributed by atoms with Gasteiger partial charge in [-0.05, 0) is 5.92 Å². The van der Waals surface area contributed by atoms with Gasteiger partial charge in [0.05, 0.1) is 0 Å². The predicted octanol–water partition coefficient (Wildman–Crippen LogP) is 12.8. The highest BCUT2D eigenvalue weighted by atomic mass is 14.1. The fourth-order valence-electron chi connectivity index (χ4n) is 5.45. The molecule has 0 rings (SSSR count). The molecule has 1 unspecified atom stereocenters. The molecule has 33 heavy (non-hydrogen) atoms.